The molecule has 0 spiro atoms. The van der Waals surface area contributed by atoms with Gasteiger partial charge in [0.1, 0.15) is 0 Å². The van der Waals surface area contributed by atoms with E-state index in [2.05, 4.69) is 33.9 Å². The van der Waals surface area contributed by atoms with Crippen LogP contribution in [0.2, 0.25) is 18.1 Å². The van der Waals surface area contributed by atoms with E-state index in [4.69, 9.17) is 4.43 Å². The van der Waals surface area contributed by atoms with E-state index in [0.29, 0.717) is 5.92 Å². The highest BCUT2D eigenvalue weighted by Gasteiger charge is 2.37. The summed E-state index contributed by atoms with van der Waals surface area (Å²) in [7, 11) is -1.69. The Balaban J connectivity index is 2.00. The zero-order valence-electron chi connectivity index (χ0n) is 14.3. The number of fused-ring (bicyclic) bond motifs is 1. The van der Waals surface area contributed by atoms with Crippen LogP contribution in [0.1, 0.15) is 38.3 Å². The van der Waals surface area contributed by atoms with Crippen LogP contribution in [0.3, 0.4) is 0 Å². The second kappa shape index (κ2) is 6.12. The Morgan fingerprint density at radius 3 is 2.59 bits per heavy atom. The standard InChI is InChI=1S/C17H27NO3Si/c1-17(2,3)22(4,5)21-12-13-6-7-15-11-16(18(19)20)9-8-14(15)10-13/h8-9,11,13H,6-7,10,12H2,1-5H3. The molecule has 0 bridgehead atoms. The van der Waals surface area contributed by atoms with Gasteiger partial charge >= 0.3 is 0 Å². The van der Waals surface area contributed by atoms with Gasteiger partial charge in [-0.3, -0.25) is 10.1 Å². The van der Waals surface area contributed by atoms with Gasteiger partial charge in [0.2, 0.25) is 0 Å². The van der Waals surface area contributed by atoms with Crippen LogP contribution in [0, 0.1) is 16.0 Å². The Morgan fingerprint density at radius 1 is 1.32 bits per heavy atom. The van der Waals surface area contributed by atoms with Gasteiger partial charge in [-0.2, -0.15) is 0 Å². The molecule has 0 aromatic heterocycles. The van der Waals surface area contributed by atoms with Gasteiger partial charge in [0.05, 0.1) is 4.92 Å². The first kappa shape index (κ1) is 17.2. The van der Waals surface area contributed by atoms with Crippen LogP contribution >= 0.6 is 0 Å². The molecule has 1 atom stereocenters. The van der Waals surface area contributed by atoms with E-state index in [1.165, 1.54) is 5.56 Å². The number of non-ortho nitro benzene ring substituents is 1. The Hall–Kier alpha value is -1.20. The number of nitro groups is 1. The van der Waals surface area contributed by atoms with E-state index >= 15 is 0 Å². The van der Waals surface area contributed by atoms with Crippen LogP contribution in [0.25, 0.3) is 0 Å². The molecule has 2 rings (SSSR count). The molecular formula is C17H27NO3Si. The molecule has 5 heteroatoms. The highest BCUT2D eigenvalue weighted by atomic mass is 28.4. The fourth-order valence-corrected chi connectivity index (χ4v) is 3.70. The maximum Gasteiger partial charge on any atom is 0.269 e. The van der Waals surface area contributed by atoms with Crippen molar-refractivity contribution in [2.75, 3.05) is 6.61 Å². The molecule has 122 valence electrons. The number of nitro benzene ring substituents is 1. The molecule has 0 fully saturated rings. The molecule has 1 aromatic carbocycles. The predicted octanol–water partition coefficient (Wildman–Crippen LogP) is 4.72. The van der Waals surface area contributed by atoms with Gasteiger partial charge in [-0.05, 0) is 54.4 Å². The van der Waals surface area contributed by atoms with Crippen LogP contribution in [-0.2, 0) is 17.3 Å². The number of aryl methyl sites for hydroxylation is 1. The molecule has 0 saturated heterocycles. The van der Waals surface area contributed by atoms with Gasteiger partial charge < -0.3 is 4.43 Å². The van der Waals surface area contributed by atoms with Gasteiger partial charge in [0, 0.05) is 18.7 Å². The second-order valence-electron chi connectivity index (χ2n) is 7.89. The van der Waals surface area contributed by atoms with Crippen LogP contribution in [0.15, 0.2) is 18.2 Å². The summed E-state index contributed by atoms with van der Waals surface area (Å²) < 4.78 is 6.34. The molecule has 22 heavy (non-hydrogen) atoms. The molecule has 0 aliphatic heterocycles. The van der Waals surface area contributed by atoms with Crippen molar-refractivity contribution in [3.8, 4) is 0 Å². The molecule has 0 amide bonds. The van der Waals surface area contributed by atoms with Crippen molar-refractivity contribution in [1.29, 1.82) is 0 Å². The van der Waals surface area contributed by atoms with Crippen LogP contribution in [-0.4, -0.2) is 19.8 Å². The summed E-state index contributed by atoms with van der Waals surface area (Å²) in [5.41, 5.74) is 2.59. The zero-order valence-corrected chi connectivity index (χ0v) is 15.3. The molecule has 0 heterocycles. The predicted molar refractivity (Wildman–Crippen MR) is 91.8 cm³/mol. The fraction of sp³-hybridized carbons (Fsp3) is 0.647. The van der Waals surface area contributed by atoms with Crippen molar-refractivity contribution in [2.45, 2.75) is 58.2 Å². The molecule has 0 radical (unpaired) electrons. The second-order valence-corrected chi connectivity index (χ2v) is 12.7. The lowest BCUT2D eigenvalue weighted by Crippen LogP contribution is -2.42. The monoisotopic (exact) mass is 321 g/mol. The van der Waals surface area contributed by atoms with E-state index in [1.54, 1.807) is 12.1 Å². The van der Waals surface area contributed by atoms with Crippen LogP contribution in [0.5, 0.6) is 0 Å². The molecule has 0 N–H and O–H groups in total. The Bertz CT molecular complexity index is 564. The first-order valence-electron chi connectivity index (χ1n) is 8.00. The smallest absolute Gasteiger partial charge is 0.269 e. The van der Waals surface area contributed by atoms with Crippen molar-refractivity contribution in [1.82, 2.24) is 0 Å². The maximum atomic E-state index is 10.8. The molecule has 4 nitrogen and oxygen atoms in total. The third-order valence-electron chi connectivity index (χ3n) is 5.22. The average molecular weight is 321 g/mol. The van der Waals surface area contributed by atoms with E-state index in [0.717, 1.165) is 31.4 Å². The van der Waals surface area contributed by atoms with Crippen molar-refractivity contribution in [2.24, 2.45) is 5.92 Å². The summed E-state index contributed by atoms with van der Waals surface area (Å²) in [5, 5.41) is 11.1. The van der Waals surface area contributed by atoms with Crippen molar-refractivity contribution >= 4 is 14.0 Å². The van der Waals surface area contributed by atoms with Crippen LogP contribution < -0.4 is 0 Å². The fourth-order valence-electron chi connectivity index (χ4n) is 2.62. The van der Waals surface area contributed by atoms with E-state index in [1.807, 2.05) is 6.07 Å². The lowest BCUT2D eigenvalue weighted by Gasteiger charge is -2.38. The first-order chi connectivity index (χ1) is 10.1. The summed E-state index contributed by atoms with van der Waals surface area (Å²) >= 11 is 0. The Labute approximate surface area is 134 Å². The summed E-state index contributed by atoms with van der Waals surface area (Å²) in [6.07, 6.45) is 2.95. The molecular weight excluding hydrogens is 294 g/mol. The first-order valence-corrected chi connectivity index (χ1v) is 10.9. The minimum Gasteiger partial charge on any atom is -0.417 e. The van der Waals surface area contributed by atoms with Gasteiger partial charge in [-0.1, -0.05) is 26.8 Å². The average Bonchev–Trinajstić information content (AvgIpc) is 2.43. The van der Waals surface area contributed by atoms with Crippen molar-refractivity contribution in [3.05, 3.63) is 39.4 Å². The third kappa shape index (κ3) is 3.76. The number of hydrogen-bond acceptors (Lipinski definition) is 3. The SMILES string of the molecule is CC(C)(C)[Si](C)(C)OCC1CCc2cc([N+](=O)[O-])ccc2C1. The topological polar surface area (TPSA) is 52.4 Å². The highest BCUT2D eigenvalue weighted by Crippen LogP contribution is 2.37. The maximum absolute atomic E-state index is 10.8. The van der Waals surface area contributed by atoms with Gasteiger partial charge in [0.25, 0.3) is 5.69 Å². The number of benzene rings is 1. The quantitative estimate of drug-likeness (QED) is 0.458. The summed E-state index contributed by atoms with van der Waals surface area (Å²) in [6, 6.07) is 5.28. The summed E-state index contributed by atoms with van der Waals surface area (Å²) in [5.74, 6) is 0.531. The van der Waals surface area contributed by atoms with Crippen molar-refractivity contribution < 1.29 is 9.35 Å². The number of nitrogens with zero attached hydrogens (tertiary/aromatic N) is 1. The number of rotatable bonds is 4. The van der Waals surface area contributed by atoms with Crippen molar-refractivity contribution in [3.63, 3.8) is 0 Å². The number of hydrogen-bond donors (Lipinski definition) is 0. The third-order valence-corrected chi connectivity index (χ3v) is 9.72. The van der Waals surface area contributed by atoms with Gasteiger partial charge in [-0.15, -0.1) is 0 Å². The molecule has 1 aliphatic carbocycles. The zero-order chi connectivity index (χ0) is 16.5. The highest BCUT2D eigenvalue weighted by molar-refractivity contribution is 6.74. The molecule has 1 aliphatic rings. The molecule has 1 unspecified atom stereocenters. The van der Waals surface area contributed by atoms with Crippen LogP contribution in [0.4, 0.5) is 5.69 Å². The van der Waals surface area contributed by atoms with E-state index in [9.17, 15) is 10.1 Å². The summed E-state index contributed by atoms with van der Waals surface area (Å²) in [6.45, 7) is 12.2. The molecule has 0 saturated carbocycles. The minimum atomic E-state index is -1.69. The minimum absolute atomic E-state index is 0.203. The lowest BCUT2D eigenvalue weighted by molar-refractivity contribution is -0.384. The lowest BCUT2D eigenvalue weighted by atomic mass is 9.84. The largest absolute Gasteiger partial charge is 0.417 e. The van der Waals surface area contributed by atoms with E-state index < -0.39 is 8.32 Å². The molecule has 1 aromatic rings. The summed E-state index contributed by atoms with van der Waals surface area (Å²) in [4.78, 5) is 10.5. The normalized spacial score (nSPS) is 18.9. The van der Waals surface area contributed by atoms with Gasteiger partial charge in [-0.25, -0.2) is 0 Å². The Morgan fingerprint density at radius 2 is 2.00 bits per heavy atom. The Kier molecular flexibility index (Phi) is 4.78. The van der Waals surface area contributed by atoms with Gasteiger partial charge in [0.15, 0.2) is 8.32 Å². The van der Waals surface area contributed by atoms with E-state index in [-0.39, 0.29) is 15.6 Å².